The largest absolute Gasteiger partial charge is 0.497 e. The third kappa shape index (κ3) is 10.7. The average molecular weight is 371 g/mol. The number of halogens is 3. The van der Waals surface area contributed by atoms with Crippen LogP contribution in [0.5, 0.6) is 5.75 Å². The van der Waals surface area contributed by atoms with Crippen LogP contribution in [0, 0.1) is 0 Å². The van der Waals surface area contributed by atoms with E-state index >= 15 is 0 Å². The minimum atomic E-state index is -4.30. The molecule has 2 rings (SSSR count). The summed E-state index contributed by atoms with van der Waals surface area (Å²) in [6, 6.07) is 4.74. The topological polar surface area (TPSA) is 57.1 Å². The Morgan fingerprint density at radius 2 is 1.55 bits per heavy atom. The van der Waals surface area contributed by atoms with Gasteiger partial charge in [-0.3, -0.25) is 0 Å². The summed E-state index contributed by atoms with van der Waals surface area (Å²) < 4.78 is 56.7. The molecule has 122 valence electrons. The Hall–Kier alpha value is -0.930. The summed E-state index contributed by atoms with van der Waals surface area (Å²) in [6.45, 7) is 2.78. The molecule has 0 aliphatic carbocycles. The molecular formula is C11H15F3N3O2P3. The molecule has 0 aliphatic heterocycles. The maximum absolute atomic E-state index is 12.0. The maximum Gasteiger partial charge on any atom is 0.416 e. The van der Waals surface area contributed by atoms with Gasteiger partial charge in [0.25, 0.3) is 0 Å². The Morgan fingerprint density at radius 3 is 1.86 bits per heavy atom. The van der Waals surface area contributed by atoms with E-state index in [1.54, 1.807) is 7.11 Å². The van der Waals surface area contributed by atoms with Crippen LogP contribution in [0.25, 0.3) is 0 Å². The number of aromatic nitrogens is 3. The van der Waals surface area contributed by atoms with Gasteiger partial charge in [0, 0.05) is 13.7 Å². The van der Waals surface area contributed by atoms with Gasteiger partial charge in [-0.15, -0.1) is 0 Å². The lowest BCUT2D eigenvalue weighted by Gasteiger charge is -2.07. The second kappa shape index (κ2) is 12.6. The maximum atomic E-state index is 12.0. The van der Waals surface area contributed by atoms with Crippen molar-refractivity contribution in [2.75, 3.05) is 20.8 Å². The van der Waals surface area contributed by atoms with Crippen LogP contribution in [-0.2, 0) is 10.9 Å². The van der Waals surface area contributed by atoms with Crippen LogP contribution in [0.1, 0.15) is 12.5 Å². The summed E-state index contributed by atoms with van der Waals surface area (Å²) in [6.07, 6.45) is -4.30. The Bertz CT molecular complexity index is 478. The average Bonchev–Trinajstić information content (AvgIpc) is 2.56. The zero-order valence-corrected chi connectivity index (χ0v) is 14.8. The van der Waals surface area contributed by atoms with E-state index in [1.807, 2.05) is 6.92 Å². The van der Waals surface area contributed by atoms with Gasteiger partial charge in [0.15, 0.2) is 25.5 Å². The molecule has 0 atom stereocenters. The highest BCUT2D eigenvalue weighted by Crippen LogP contribution is 2.30. The number of hydrogen-bond acceptors (Lipinski definition) is 5. The van der Waals surface area contributed by atoms with Crippen LogP contribution in [0.3, 0.4) is 0 Å². The predicted molar refractivity (Wildman–Crippen MR) is 82.9 cm³/mol. The number of hydrogen-bond donors (Lipinski definition) is 0. The normalized spacial score (nSPS) is 10.8. The van der Waals surface area contributed by atoms with Gasteiger partial charge in [0.2, 0.25) is 0 Å². The molecular weight excluding hydrogens is 356 g/mol. The molecule has 0 unspecified atom stereocenters. The van der Waals surface area contributed by atoms with Crippen molar-refractivity contribution in [2.24, 2.45) is 0 Å². The summed E-state index contributed by atoms with van der Waals surface area (Å²) in [5, 5.41) is 0. The van der Waals surface area contributed by atoms with Gasteiger partial charge in [0.1, 0.15) is 5.75 Å². The molecule has 0 aliphatic rings. The van der Waals surface area contributed by atoms with E-state index in [1.165, 1.54) is 19.2 Å². The smallest absolute Gasteiger partial charge is 0.416 e. The molecule has 0 saturated carbocycles. The molecule has 0 spiro atoms. The highest BCUT2D eigenvalue weighted by atomic mass is 31.1. The van der Waals surface area contributed by atoms with Crippen LogP contribution >= 0.6 is 25.5 Å². The highest BCUT2D eigenvalue weighted by Gasteiger charge is 2.30. The van der Waals surface area contributed by atoms with E-state index in [0.717, 1.165) is 44.3 Å². The van der Waals surface area contributed by atoms with Crippen LogP contribution in [0.15, 0.2) is 24.3 Å². The summed E-state index contributed by atoms with van der Waals surface area (Å²) in [7, 11) is 5.50. The van der Waals surface area contributed by atoms with Gasteiger partial charge in [-0.05, 0) is 25.1 Å². The molecule has 0 N–H and O–H groups in total. The van der Waals surface area contributed by atoms with Crippen molar-refractivity contribution >= 4 is 25.5 Å². The molecule has 0 saturated heterocycles. The van der Waals surface area contributed by atoms with Crippen molar-refractivity contribution in [2.45, 2.75) is 13.1 Å². The molecule has 11 heteroatoms. The van der Waals surface area contributed by atoms with Gasteiger partial charge in [-0.1, -0.05) is 6.07 Å². The quantitative estimate of drug-likeness (QED) is 0.745. The number of methoxy groups -OCH3 is 2. The lowest BCUT2D eigenvalue weighted by atomic mass is 10.2. The number of benzene rings is 1. The van der Waals surface area contributed by atoms with Gasteiger partial charge in [0.05, 0.1) is 12.7 Å². The van der Waals surface area contributed by atoms with Gasteiger partial charge in [-0.2, -0.15) is 26.7 Å². The number of nitrogens with zero attached hydrogens (tertiary/aromatic N) is 3. The molecule has 1 aromatic carbocycles. The standard InChI is InChI=1S/C8H7F3O.C3H8O.N3P3/c1-12-7-4-2-3-6(5-7)8(9,10)11;1-3-4-2;1-4-2-6-3-5-1/h2-5H,1H3;3H2,1-2H3;. The van der Waals surface area contributed by atoms with Crippen molar-refractivity contribution in [3.8, 4) is 5.75 Å². The molecule has 1 heterocycles. The van der Waals surface area contributed by atoms with E-state index in [4.69, 9.17) is 0 Å². The van der Waals surface area contributed by atoms with E-state index in [-0.39, 0.29) is 5.75 Å². The minimum Gasteiger partial charge on any atom is -0.497 e. The molecule has 1 aromatic heterocycles. The molecule has 22 heavy (non-hydrogen) atoms. The Morgan fingerprint density at radius 1 is 1.05 bits per heavy atom. The summed E-state index contributed by atoms with van der Waals surface area (Å²) >= 11 is 0. The van der Waals surface area contributed by atoms with Crippen LogP contribution in [-0.4, -0.2) is 34.4 Å². The summed E-state index contributed by atoms with van der Waals surface area (Å²) in [5.41, 5.74) is -0.693. The fourth-order valence-corrected chi connectivity index (χ4v) is 2.73. The van der Waals surface area contributed by atoms with Crippen LogP contribution < -0.4 is 4.74 Å². The van der Waals surface area contributed by atoms with E-state index in [9.17, 15) is 13.2 Å². The zero-order chi connectivity index (χ0) is 16.8. The van der Waals surface area contributed by atoms with Crippen molar-refractivity contribution in [3.05, 3.63) is 29.8 Å². The minimum absolute atomic E-state index is 0.213. The Kier molecular flexibility index (Phi) is 12.1. The molecule has 0 amide bonds. The second-order valence-corrected chi connectivity index (χ2v) is 6.03. The first-order valence-electron chi connectivity index (χ1n) is 5.85. The fourth-order valence-electron chi connectivity index (χ4n) is 0.907. The first-order valence-corrected chi connectivity index (χ1v) is 8.25. The summed E-state index contributed by atoms with van der Waals surface area (Å²) in [5.74, 6) is 0.213. The zero-order valence-electron chi connectivity index (χ0n) is 12.2. The number of alkyl halides is 3. The van der Waals surface area contributed by atoms with Crippen molar-refractivity contribution in [1.29, 1.82) is 0 Å². The number of ether oxygens (including phenoxy) is 2. The molecule has 2 aromatic rings. The Labute approximate surface area is 132 Å². The highest BCUT2D eigenvalue weighted by molar-refractivity contribution is 7.43. The lowest BCUT2D eigenvalue weighted by molar-refractivity contribution is -0.137. The monoisotopic (exact) mass is 371 g/mol. The lowest BCUT2D eigenvalue weighted by Crippen LogP contribution is -2.04. The van der Waals surface area contributed by atoms with Gasteiger partial charge in [-0.25, -0.2) is 0 Å². The third-order valence-electron chi connectivity index (χ3n) is 1.93. The third-order valence-corrected chi connectivity index (χ3v) is 3.85. The van der Waals surface area contributed by atoms with Gasteiger partial charge < -0.3 is 9.47 Å². The van der Waals surface area contributed by atoms with E-state index in [2.05, 4.69) is 23.0 Å². The molecule has 5 nitrogen and oxygen atoms in total. The second-order valence-electron chi connectivity index (χ2n) is 3.34. The van der Waals surface area contributed by atoms with Crippen molar-refractivity contribution < 1.29 is 22.6 Å². The molecule has 0 fully saturated rings. The SMILES string of the molecule is CCOC.COc1cccc(C(F)(F)F)c1.n1pnpnp1. The first kappa shape index (κ1) is 21.1. The predicted octanol–water partition coefficient (Wildman–Crippen LogP) is 4.98. The van der Waals surface area contributed by atoms with Crippen molar-refractivity contribution in [1.82, 2.24) is 13.5 Å². The van der Waals surface area contributed by atoms with Crippen LogP contribution in [0.4, 0.5) is 13.2 Å². The van der Waals surface area contributed by atoms with E-state index < -0.39 is 11.7 Å². The van der Waals surface area contributed by atoms with Crippen LogP contribution in [0.2, 0.25) is 0 Å². The molecule has 0 bridgehead atoms. The fraction of sp³-hybridized carbons (Fsp3) is 0.455. The van der Waals surface area contributed by atoms with Gasteiger partial charge >= 0.3 is 6.18 Å². The summed E-state index contributed by atoms with van der Waals surface area (Å²) in [4.78, 5) is 0. The number of rotatable bonds is 2. The molecule has 0 radical (unpaired) electrons. The Balaban J connectivity index is 0.000000366. The first-order chi connectivity index (χ1) is 10.5. The van der Waals surface area contributed by atoms with E-state index in [0.29, 0.717) is 0 Å². The van der Waals surface area contributed by atoms with Crippen molar-refractivity contribution in [3.63, 3.8) is 0 Å².